The van der Waals surface area contributed by atoms with Gasteiger partial charge in [0.25, 0.3) is 0 Å². The summed E-state index contributed by atoms with van der Waals surface area (Å²) in [6.07, 6.45) is 2.72. The Morgan fingerprint density at radius 1 is 1.25 bits per heavy atom. The van der Waals surface area contributed by atoms with Crippen LogP contribution in [-0.2, 0) is 9.31 Å². The summed E-state index contributed by atoms with van der Waals surface area (Å²) in [4.78, 5) is 4.15. The first-order valence-corrected chi connectivity index (χ1v) is 4.11. The minimum atomic E-state index is -0.250. The average Bonchev–Trinajstić information content (AvgIpc) is 2.21. The lowest BCUT2D eigenvalue weighted by Gasteiger charge is -2.18. The van der Waals surface area contributed by atoms with Crippen molar-refractivity contribution in [3.63, 3.8) is 0 Å². The van der Waals surface area contributed by atoms with Gasteiger partial charge in [-0.15, -0.1) is 0 Å². The number of aromatic nitrogens is 1. The largest absolute Gasteiger partial charge is 0.513 e. The Balaban J connectivity index is 2.08. The van der Waals surface area contributed by atoms with E-state index in [2.05, 4.69) is 4.98 Å². The molecule has 1 aromatic rings. The molecule has 0 unspecified atom stereocenters. The maximum Gasteiger partial charge on any atom is 0.513 e. The Kier molecular flexibility index (Phi) is 2.39. The minimum absolute atomic E-state index is 0.250. The standard InChI is InChI=1S/C8H10BNO2/c1-2-5-10-8(4-1)9-11-6-3-7-12-9/h1-2,4-5H,3,6-7H2. The molecule has 3 nitrogen and oxygen atoms in total. The van der Waals surface area contributed by atoms with Crippen molar-refractivity contribution in [3.8, 4) is 0 Å². The van der Waals surface area contributed by atoms with Gasteiger partial charge in [-0.25, -0.2) is 0 Å². The van der Waals surface area contributed by atoms with E-state index in [1.807, 2.05) is 18.2 Å². The quantitative estimate of drug-likeness (QED) is 0.554. The van der Waals surface area contributed by atoms with Crippen LogP contribution in [0.3, 0.4) is 0 Å². The first-order valence-electron chi connectivity index (χ1n) is 4.11. The van der Waals surface area contributed by atoms with Crippen LogP contribution in [0.4, 0.5) is 0 Å². The van der Waals surface area contributed by atoms with Gasteiger partial charge in [-0.3, -0.25) is 4.98 Å². The predicted octanol–water partition coefficient (Wildman–Crippen LogP) is 0.214. The van der Waals surface area contributed by atoms with Crippen LogP contribution in [0, 0.1) is 0 Å². The molecule has 0 bridgehead atoms. The van der Waals surface area contributed by atoms with Crippen molar-refractivity contribution in [2.24, 2.45) is 0 Å². The molecular formula is C8H10BNO2. The monoisotopic (exact) mass is 163 g/mol. The molecule has 1 aliphatic heterocycles. The first-order chi connectivity index (χ1) is 5.97. The molecule has 0 aliphatic carbocycles. The molecule has 0 aromatic carbocycles. The SMILES string of the molecule is c1ccc(B2OCCCO2)nc1. The summed E-state index contributed by atoms with van der Waals surface area (Å²) in [6.45, 7) is 1.53. The molecule has 0 atom stereocenters. The highest BCUT2D eigenvalue weighted by molar-refractivity contribution is 6.60. The van der Waals surface area contributed by atoms with Gasteiger partial charge in [-0.1, -0.05) is 6.07 Å². The molecule has 0 amide bonds. The lowest BCUT2D eigenvalue weighted by molar-refractivity contribution is 0.143. The highest BCUT2D eigenvalue weighted by Crippen LogP contribution is 1.99. The van der Waals surface area contributed by atoms with E-state index < -0.39 is 0 Å². The fraction of sp³-hybridized carbons (Fsp3) is 0.375. The summed E-state index contributed by atoms with van der Waals surface area (Å²) in [5.41, 5.74) is 0.859. The van der Waals surface area contributed by atoms with Gasteiger partial charge in [0.2, 0.25) is 0 Å². The summed E-state index contributed by atoms with van der Waals surface area (Å²) in [7, 11) is -0.250. The smallest absolute Gasteiger partial charge is 0.406 e. The highest BCUT2D eigenvalue weighted by Gasteiger charge is 2.25. The Bertz CT molecular complexity index is 236. The molecule has 12 heavy (non-hydrogen) atoms. The van der Waals surface area contributed by atoms with Crippen LogP contribution >= 0.6 is 0 Å². The Labute approximate surface area is 71.9 Å². The Hall–Kier alpha value is -0.865. The maximum absolute atomic E-state index is 5.38. The van der Waals surface area contributed by atoms with Crippen molar-refractivity contribution in [1.82, 2.24) is 4.98 Å². The molecule has 0 radical (unpaired) electrons. The lowest BCUT2D eigenvalue weighted by atomic mass is 9.83. The maximum atomic E-state index is 5.38. The van der Waals surface area contributed by atoms with E-state index in [1.165, 1.54) is 0 Å². The van der Waals surface area contributed by atoms with Gasteiger partial charge >= 0.3 is 7.12 Å². The highest BCUT2D eigenvalue weighted by atomic mass is 16.6. The van der Waals surface area contributed by atoms with Gasteiger partial charge in [0, 0.05) is 19.4 Å². The molecule has 1 aliphatic rings. The van der Waals surface area contributed by atoms with Crippen LogP contribution in [0.1, 0.15) is 6.42 Å². The van der Waals surface area contributed by atoms with Crippen LogP contribution in [0.5, 0.6) is 0 Å². The van der Waals surface area contributed by atoms with E-state index in [0.717, 1.165) is 25.2 Å². The summed E-state index contributed by atoms with van der Waals surface area (Å²) in [5, 5.41) is 0. The van der Waals surface area contributed by atoms with Crippen LogP contribution in [0.15, 0.2) is 24.4 Å². The van der Waals surface area contributed by atoms with Gasteiger partial charge in [0.05, 0.1) is 5.59 Å². The summed E-state index contributed by atoms with van der Waals surface area (Å²) in [5.74, 6) is 0. The van der Waals surface area contributed by atoms with Gasteiger partial charge in [0.1, 0.15) is 0 Å². The number of nitrogens with zero attached hydrogens (tertiary/aromatic N) is 1. The van der Waals surface area contributed by atoms with Gasteiger partial charge in [-0.2, -0.15) is 0 Å². The Morgan fingerprint density at radius 3 is 2.75 bits per heavy atom. The molecule has 1 aromatic heterocycles. The number of hydrogen-bond acceptors (Lipinski definition) is 3. The molecule has 0 saturated carbocycles. The normalized spacial score (nSPS) is 17.8. The number of rotatable bonds is 1. The van der Waals surface area contributed by atoms with E-state index in [9.17, 15) is 0 Å². The molecule has 1 fully saturated rings. The zero-order valence-electron chi connectivity index (χ0n) is 6.77. The van der Waals surface area contributed by atoms with E-state index >= 15 is 0 Å². The molecule has 0 spiro atoms. The molecule has 62 valence electrons. The zero-order chi connectivity index (χ0) is 8.23. The number of hydrogen-bond donors (Lipinski definition) is 0. The fourth-order valence-electron chi connectivity index (χ4n) is 1.17. The summed E-state index contributed by atoms with van der Waals surface area (Å²) in [6, 6.07) is 5.73. The molecule has 0 N–H and O–H groups in total. The van der Waals surface area contributed by atoms with Gasteiger partial charge in [-0.05, 0) is 18.6 Å². The fourth-order valence-corrected chi connectivity index (χ4v) is 1.17. The molecule has 2 heterocycles. The second kappa shape index (κ2) is 3.69. The van der Waals surface area contributed by atoms with Crippen molar-refractivity contribution in [2.75, 3.05) is 13.2 Å². The van der Waals surface area contributed by atoms with Crippen molar-refractivity contribution < 1.29 is 9.31 Å². The zero-order valence-corrected chi connectivity index (χ0v) is 6.77. The third kappa shape index (κ3) is 1.65. The summed E-state index contributed by atoms with van der Waals surface area (Å²) < 4.78 is 10.8. The lowest BCUT2D eigenvalue weighted by Crippen LogP contribution is -2.42. The second-order valence-electron chi connectivity index (χ2n) is 2.68. The van der Waals surface area contributed by atoms with Crippen molar-refractivity contribution in [1.29, 1.82) is 0 Å². The van der Waals surface area contributed by atoms with Crippen LogP contribution < -0.4 is 5.59 Å². The Morgan fingerprint density at radius 2 is 2.08 bits per heavy atom. The molecule has 1 saturated heterocycles. The van der Waals surface area contributed by atoms with Crippen molar-refractivity contribution in [3.05, 3.63) is 24.4 Å². The predicted molar refractivity (Wildman–Crippen MR) is 46.1 cm³/mol. The molecule has 4 heteroatoms. The average molecular weight is 163 g/mol. The van der Waals surface area contributed by atoms with Crippen LogP contribution in [0.25, 0.3) is 0 Å². The van der Waals surface area contributed by atoms with Crippen LogP contribution in [0.2, 0.25) is 0 Å². The van der Waals surface area contributed by atoms with E-state index in [1.54, 1.807) is 6.20 Å². The first kappa shape index (κ1) is 7.77. The van der Waals surface area contributed by atoms with E-state index in [-0.39, 0.29) is 7.12 Å². The summed E-state index contributed by atoms with van der Waals surface area (Å²) >= 11 is 0. The molecular weight excluding hydrogens is 153 g/mol. The van der Waals surface area contributed by atoms with Crippen LogP contribution in [-0.4, -0.2) is 25.3 Å². The third-order valence-corrected chi connectivity index (χ3v) is 1.76. The van der Waals surface area contributed by atoms with E-state index in [4.69, 9.17) is 9.31 Å². The van der Waals surface area contributed by atoms with Gasteiger partial charge in [0.15, 0.2) is 0 Å². The van der Waals surface area contributed by atoms with Crippen molar-refractivity contribution >= 4 is 12.7 Å². The minimum Gasteiger partial charge on any atom is -0.406 e. The van der Waals surface area contributed by atoms with E-state index in [0.29, 0.717) is 0 Å². The third-order valence-electron chi connectivity index (χ3n) is 1.76. The molecule has 2 rings (SSSR count). The van der Waals surface area contributed by atoms with Gasteiger partial charge < -0.3 is 9.31 Å². The van der Waals surface area contributed by atoms with Crippen molar-refractivity contribution in [2.45, 2.75) is 6.42 Å². The second-order valence-corrected chi connectivity index (χ2v) is 2.68. The topological polar surface area (TPSA) is 31.4 Å². The number of pyridine rings is 1.